The van der Waals surface area contributed by atoms with Crippen LogP contribution in [0.25, 0.3) is 17.1 Å². The number of aromatic nitrogens is 2. The minimum atomic E-state index is -2.81. The first-order valence-corrected chi connectivity index (χ1v) is 9.98. The Bertz CT molecular complexity index is 1140. The van der Waals surface area contributed by atoms with E-state index in [1.54, 1.807) is 47.4 Å². The lowest BCUT2D eigenvalue weighted by molar-refractivity contribution is -0.143. The molecule has 1 unspecified atom stereocenters. The number of hydrogen-bond donors (Lipinski definition) is 0. The van der Waals surface area contributed by atoms with Gasteiger partial charge in [-0.05, 0) is 49.2 Å². The van der Waals surface area contributed by atoms with E-state index in [-0.39, 0.29) is 17.2 Å². The van der Waals surface area contributed by atoms with E-state index >= 15 is 0 Å². The third-order valence-electron chi connectivity index (χ3n) is 5.16. The van der Waals surface area contributed by atoms with Crippen LogP contribution >= 0.6 is 0 Å². The number of fused-ring (bicyclic) bond motifs is 1. The summed E-state index contributed by atoms with van der Waals surface area (Å²) < 4.78 is 33.2. The van der Waals surface area contributed by atoms with Gasteiger partial charge in [0.25, 0.3) is 0 Å². The smallest absolute Gasteiger partial charge is 0.331 e. The molecule has 2 heterocycles. The Morgan fingerprint density at radius 2 is 1.90 bits per heavy atom. The topological polar surface area (TPSA) is 64.4 Å². The van der Waals surface area contributed by atoms with Crippen LogP contribution in [0, 0.1) is 0 Å². The van der Waals surface area contributed by atoms with Crippen LogP contribution in [0.2, 0.25) is 0 Å². The Balaban J connectivity index is 1.44. The van der Waals surface area contributed by atoms with Crippen molar-refractivity contribution in [1.82, 2.24) is 9.55 Å². The number of halogens is 2. The van der Waals surface area contributed by atoms with Crippen molar-refractivity contribution in [2.45, 2.75) is 32.4 Å². The number of esters is 1. The first-order chi connectivity index (χ1) is 14.9. The maximum absolute atomic E-state index is 13.6. The number of benzene rings is 2. The van der Waals surface area contributed by atoms with Gasteiger partial charge in [0.2, 0.25) is 5.91 Å². The molecule has 31 heavy (non-hydrogen) atoms. The average Bonchev–Trinajstić information content (AvgIpc) is 3.36. The van der Waals surface area contributed by atoms with Crippen LogP contribution in [0.1, 0.15) is 43.8 Å². The second-order valence-corrected chi connectivity index (χ2v) is 7.26. The van der Waals surface area contributed by atoms with Gasteiger partial charge in [0.1, 0.15) is 0 Å². The van der Waals surface area contributed by atoms with Crippen LogP contribution in [-0.2, 0) is 14.3 Å². The number of carbonyl (C=O) groups is 2. The van der Waals surface area contributed by atoms with E-state index in [0.29, 0.717) is 18.5 Å². The molecule has 1 aliphatic heterocycles. The molecule has 0 spiro atoms. The number of para-hydroxylation sites is 2. The largest absolute Gasteiger partial charge is 0.451 e. The summed E-state index contributed by atoms with van der Waals surface area (Å²) in [7, 11) is 0. The number of anilines is 1. The molecule has 2 aromatic carbocycles. The van der Waals surface area contributed by atoms with Gasteiger partial charge in [-0.25, -0.2) is 9.78 Å². The zero-order valence-electron chi connectivity index (χ0n) is 16.9. The van der Waals surface area contributed by atoms with E-state index in [1.807, 2.05) is 12.1 Å². The molecule has 1 fully saturated rings. The van der Waals surface area contributed by atoms with E-state index in [0.717, 1.165) is 22.2 Å². The molecule has 1 saturated heterocycles. The third-order valence-corrected chi connectivity index (χ3v) is 5.16. The first-order valence-electron chi connectivity index (χ1n) is 9.98. The van der Waals surface area contributed by atoms with Gasteiger partial charge in [0.05, 0.1) is 11.0 Å². The van der Waals surface area contributed by atoms with E-state index in [1.165, 1.54) is 13.0 Å². The number of imidazole rings is 1. The number of alkyl halides is 2. The summed E-state index contributed by atoms with van der Waals surface area (Å²) in [6, 6.07) is 13.8. The quantitative estimate of drug-likeness (QED) is 0.417. The molecule has 0 N–H and O–H groups in total. The monoisotopic (exact) mass is 425 g/mol. The van der Waals surface area contributed by atoms with E-state index in [2.05, 4.69) is 4.98 Å². The standard InChI is InChI=1S/C23H21F2N3O3/c1-15(22-26-18-5-2-3-6-19(18)28(22)23(24)25)31-21(30)13-10-16-8-11-17(12-9-16)27-14-4-7-20(27)29/h2-3,5-6,8-13,15,23H,4,7,14H2,1H3/b13-10+. The zero-order valence-corrected chi connectivity index (χ0v) is 16.9. The van der Waals surface area contributed by atoms with Crippen molar-refractivity contribution in [3.05, 3.63) is 66.0 Å². The molecular formula is C23H21F2N3O3. The summed E-state index contributed by atoms with van der Waals surface area (Å²) in [4.78, 5) is 30.0. The highest BCUT2D eigenvalue weighted by molar-refractivity contribution is 5.95. The Kier molecular flexibility index (Phi) is 5.79. The van der Waals surface area contributed by atoms with Crippen LogP contribution in [0.15, 0.2) is 54.6 Å². The van der Waals surface area contributed by atoms with Crippen LogP contribution in [0.5, 0.6) is 0 Å². The van der Waals surface area contributed by atoms with Gasteiger partial charge in [-0.3, -0.25) is 9.36 Å². The van der Waals surface area contributed by atoms with Gasteiger partial charge in [0.15, 0.2) is 11.9 Å². The Hall–Kier alpha value is -3.55. The van der Waals surface area contributed by atoms with Gasteiger partial charge in [-0.1, -0.05) is 24.3 Å². The first kappa shape index (κ1) is 20.7. The summed E-state index contributed by atoms with van der Waals surface area (Å²) in [5.41, 5.74) is 2.26. The lowest BCUT2D eigenvalue weighted by atomic mass is 10.2. The lowest BCUT2D eigenvalue weighted by Gasteiger charge is -2.15. The SMILES string of the molecule is CC(OC(=O)/C=C/c1ccc(N2CCCC2=O)cc1)c1nc2ccccc2n1C(F)F. The fourth-order valence-corrected chi connectivity index (χ4v) is 3.67. The molecule has 0 bridgehead atoms. The highest BCUT2D eigenvalue weighted by atomic mass is 19.3. The summed E-state index contributed by atoms with van der Waals surface area (Å²) >= 11 is 0. The van der Waals surface area contributed by atoms with Crippen molar-refractivity contribution in [2.75, 3.05) is 11.4 Å². The predicted octanol–water partition coefficient (Wildman–Crippen LogP) is 4.88. The normalized spacial score (nSPS) is 15.4. The van der Waals surface area contributed by atoms with Crippen LogP contribution in [0.4, 0.5) is 14.5 Å². The number of ether oxygens (including phenoxy) is 1. The number of rotatable bonds is 6. The minimum absolute atomic E-state index is 0.0161. The van der Waals surface area contributed by atoms with Crippen molar-refractivity contribution in [2.24, 2.45) is 0 Å². The van der Waals surface area contributed by atoms with E-state index < -0.39 is 18.6 Å². The summed E-state index contributed by atoms with van der Waals surface area (Å²) in [5.74, 6) is -0.576. The molecule has 0 aliphatic carbocycles. The molecule has 1 atom stereocenters. The lowest BCUT2D eigenvalue weighted by Crippen LogP contribution is -2.23. The number of amides is 1. The van der Waals surface area contributed by atoms with E-state index in [4.69, 9.17) is 4.74 Å². The van der Waals surface area contributed by atoms with Gasteiger partial charge >= 0.3 is 12.5 Å². The predicted molar refractivity (Wildman–Crippen MR) is 113 cm³/mol. The maximum atomic E-state index is 13.6. The van der Waals surface area contributed by atoms with Crippen molar-refractivity contribution < 1.29 is 23.1 Å². The number of hydrogen-bond acceptors (Lipinski definition) is 4. The molecular weight excluding hydrogens is 404 g/mol. The highest BCUT2D eigenvalue weighted by Crippen LogP contribution is 2.28. The number of nitrogens with zero attached hydrogens (tertiary/aromatic N) is 3. The van der Waals surface area contributed by atoms with Crippen molar-refractivity contribution in [3.63, 3.8) is 0 Å². The Morgan fingerprint density at radius 1 is 1.16 bits per heavy atom. The summed E-state index contributed by atoms with van der Waals surface area (Å²) in [6.45, 7) is -0.588. The Morgan fingerprint density at radius 3 is 2.58 bits per heavy atom. The van der Waals surface area contributed by atoms with Crippen LogP contribution in [0.3, 0.4) is 0 Å². The number of carbonyl (C=O) groups excluding carboxylic acids is 2. The minimum Gasteiger partial charge on any atom is -0.451 e. The van der Waals surface area contributed by atoms with Gasteiger partial charge in [-0.2, -0.15) is 8.78 Å². The molecule has 8 heteroatoms. The summed E-state index contributed by atoms with van der Waals surface area (Å²) in [5, 5.41) is 0. The molecule has 0 radical (unpaired) electrons. The summed E-state index contributed by atoms with van der Waals surface area (Å²) in [6.07, 6.45) is 3.26. The molecule has 1 aromatic heterocycles. The Labute approximate surface area is 177 Å². The molecule has 160 valence electrons. The molecule has 1 aliphatic rings. The molecule has 3 aromatic rings. The second-order valence-electron chi connectivity index (χ2n) is 7.26. The van der Waals surface area contributed by atoms with Gasteiger partial charge in [-0.15, -0.1) is 0 Å². The second kappa shape index (κ2) is 8.67. The van der Waals surface area contributed by atoms with Crippen LogP contribution < -0.4 is 4.90 Å². The van der Waals surface area contributed by atoms with Gasteiger partial charge in [0, 0.05) is 24.7 Å². The molecule has 6 nitrogen and oxygen atoms in total. The van der Waals surface area contributed by atoms with Crippen molar-refractivity contribution >= 4 is 34.7 Å². The molecule has 0 saturated carbocycles. The van der Waals surface area contributed by atoms with Crippen molar-refractivity contribution in [1.29, 1.82) is 0 Å². The fourth-order valence-electron chi connectivity index (χ4n) is 3.67. The zero-order chi connectivity index (χ0) is 22.0. The fraction of sp³-hybridized carbons (Fsp3) is 0.261. The van der Waals surface area contributed by atoms with Crippen molar-refractivity contribution in [3.8, 4) is 0 Å². The highest BCUT2D eigenvalue weighted by Gasteiger charge is 2.24. The van der Waals surface area contributed by atoms with Crippen LogP contribution in [-0.4, -0.2) is 28.0 Å². The van der Waals surface area contributed by atoms with Gasteiger partial charge < -0.3 is 9.64 Å². The third kappa shape index (κ3) is 4.33. The molecule has 1 amide bonds. The average molecular weight is 425 g/mol. The molecule has 4 rings (SSSR count). The maximum Gasteiger partial charge on any atom is 0.331 e. The van der Waals surface area contributed by atoms with E-state index in [9.17, 15) is 18.4 Å².